The standard InChI is InChI=1S/C19H30N2O4S/c1-14-10-15(2)13-20(12-14)26(22,23)21-9-5-6-17(21)16-7-8-18(24-3)19(11-16)25-4/h7-8,11,14-15,17H,5-6,9-10,12-13H2,1-4H3/t14-,15-,17+/m1/s1. The fraction of sp³-hybridized carbons (Fsp3) is 0.684. The fourth-order valence-corrected chi connectivity index (χ4v) is 6.44. The van der Waals surface area contributed by atoms with Gasteiger partial charge in [-0.05, 0) is 48.8 Å². The first-order valence-electron chi connectivity index (χ1n) is 9.35. The fourth-order valence-electron chi connectivity index (χ4n) is 4.35. The summed E-state index contributed by atoms with van der Waals surface area (Å²) in [6.45, 7) is 6.06. The summed E-state index contributed by atoms with van der Waals surface area (Å²) in [6.07, 6.45) is 2.79. The maximum atomic E-state index is 13.3. The van der Waals surface area contributed by atoms with Crippen LogP contribution in [-0.4, -0.2) is 50.9 Å². The van der Waals surface area contributed by atoms with E-state index in [0.717, 1.165) is 24.8 Å². The van der Waals surface area contributed by atoms with Crippen molar-refractivity contribution >= 4 is 10.2 Å². The first kappa shape index (κ1) is 19.5. The molecule has 0 unspecified atom stereocenters. The Bertz CT molecular complexity index is 727. The second kappa shape index (κ2) is 7.74. The Kier molecular flexibility index (Phi) is 5.79. The largest absolute Gasteiger partial charge is 0.493 e. The minimum atomic E-state index is -3.47. The monoisotopic (exact) mass is 382 g/mol. The van der Waals surface area contributed by atoms with E-state index in [2.05, 4.69) is 13.8 Å². The van der Waals surface area contributed by atoms with E-state index in [-0.39, 0.29) is 6.04 Å². The van der Waals surface area contributed by atoms with Crippen molar-refractivity contribution < 1.29 is 17.9 Å². The van der Waals surface area contributed by atoms with Crippen molar-refractivity contribution in [2.75, 3.05) is 33.9 Å². The van der Waals surface area contributed by atoms with Crippen LogP contribution in [0.1, 0.15) is 44.7 Å². The lowest BCUT2D eigenvalue weighted by atomic mass is 9.94. The van der Waals surface area contributed by atoms with Gasteiger partial charge in [-0.15, -0.1) is 0 Å². The molecule has 0 aromatic heterocycles. The van der Waals surface area contributed by atoms with Crippen molar-refractivity contribution in [1.29, 1.82) is 0 Å². The predicted octanol–water partition coefficient (Wildman–Crippen LogP) is 3.06. The normalized spacial score (nSPS) is 28.2. The molecule has 0 aliphatic carbocycles. The SMILES string of the molecule is COc1ccc([C@@H]2CCCN2S(=O)(=O)N2C[C@H](C)C[C@@H](C)C2)cc1OC. The summed E-state index contributed by atoms with van der Waals surface area (Å²) in [6, 6.07) is 5.55. The highest BCUT2D eigenvalue weighted by Crippen LogP contribution is 2.39. The van der Waals surface area contributed by atoms with Gasteiger partial charge in [0.1, 0.15) is 0 Å². The van der Waals surface area contributed by atoms with Crippen LogP contribution in [0.25, 0.3) is 0 Å². The first-order valence-corrected chi connectivity index (χ1v) is 10.7. The molecule has 0 bridgehead atoms. The Labute approximate surface area is 157 Å². The molecule has 26 heavy (non-hydrogen) atoms. The Morgan fingerprint density at radius 3 is 2.31 bits per heavy atom. The summed E-state index contributed by atoms with van der Waals surface area (Å²) in [5.41, 5.74) is 0.960. The van der Waals surface area contributed by atoms with E-state index in [4.69, 9.17) is 9.47 Å². The van der Waals surface area contributed by atoms with Crippen molar-refractivity contribution in [3.8, 4) is 11.5 Å². The van der Waals surface area contributed by atoms with E-state index in [1.165, 1.54) is 0 Å². The topological polar surface area (TPSA) is 59.1 Å². The van der Waals surface area contributed by atoms with Gasteiger partial charge in [0.05, 0.1) is 20.3 Å². The summed E-state index contributed by atoms with van der Waals surface area (Å²) in [5, 5.41) is 0. The third kappa shape index (κ3) is 3.70. The molecule has 2 fully saturated rings. The van der Waals surface area contributed by atoms with Crippen LogP contribution in [0.3, 0.4) is 0 Å². The number of methoxy groups -OCH3 is 2. The van der Waals surface area contributed by atoms with Gasteiger partial charge in [-0.3, -0.25) is 0 Å². The van der Waals surface area contributed by atoms with Crippen molar-refractivity contribution in [1.82, 2.24) is 8.61 Å². The Morgan fingerprint density at radius 2 is 1.69 bits per heavy atom. The number of hydrogen-bond donors (Lipinski definition) is 0. The number of nitrogens with zero attached hydrogens (tertiary/aromatic N) is 2. The summed E-state index contributed by atoms with van der Waals surface area (Å²) in [5.74, 6) is 2.09. The van der Waals surface area contributed by atoms with Gasteiger partial charge in [-0.2, -0.15) is 17.0 Å². The van der Waals surface area contributed by atoms with E-state index >= 15 is 0 Å². The van der Waals surface area contributed by atoms with Gasteiger partial charge in [0.25, 0.3) is 10.2 Å². The molecule has 1 aromatic carbocycles. The van der Waals surface area contributed by atoms with E-state index in [0.29, 0.717) is 43.0 Å². The van der Waals surface area contributed by atoms with E-state index in [1.807, 2.05) is 18.2 Å². The minimum Gasteiger partial charge on any atom is -0.493 e. The molecule has 0 amide bonds. The number of ether oxygens (including phenoxy) is 2. The lowest BCUT2D eigenvalue weighted by molar-refractivity contribution is 0.206. The molecular weight excluding hydrogens is 352 g/mol. The molecular formula is C19H30N2O4S. The van der Waals surface area contributed by atoms with Crippen molar-refractivity contribution in [3.63, 3.8) is 0 Å². The average Bonchev–Trinajstić information content (AvgIpc) is 3.10. The zero-order valence-electron chi connectivity index (χ0n) is 16.1. The molecule has 2 aliphatic heterocycles. The highest BCUT2D eigenvalue weighted by atomic mass is 32.2. The van der Waals surface area contributed by atoms with E-state index in [9.17, 15) is 8.42 Å². The zero-order chi connectivity index (χ0) is 18.9. The summed E-state index contributed by atoms with van der Waals surface area (Å²) >= 11 is 0. The molecule has 0 spiro atoms. The van der Waals surface area contributed by atoms with Crippen LogP contribution in [0.2, 0.25) is 0 Å². The summed E-state index contributed by atoms with van der Waals surface area (Å²) < 4.78 is 40.7. The number of rotatable bonds is 5. The molecule has 0 radical (unpaired) electrons. The van der Waals surface area contributed by atoms with Crippen LogP contribution >= 0.6 is 0 Å². The predicted molar refractivity (Wildman–Crippen MR) is 102 cm³/mol. The quantitative estimate of drug-likeness (QED) is 0.785. The maximum absolute atomic E-state index is 13.3. The second-order valence-electron chi connectivity index (χ2n) is 7.65. The number of piperidine rings is 1. The number of benzene rings is 1. The third-order valence-electron chi connectivity index (χ3n) is 5.45. The Balaban J connectivity index is 1.88. The molecule has 2 heterocycles. The molecule has 2 aliphatic rings. The lowest BCUT2D eigenvalue weighted by Crippen LogP contribution is -2.49. The van der Waals surface area contributed by atoms with Crippen LogP contribution in [0.15, 0.2) is 18.2 Å². The van der Waals surface area contributed by atoms with Gasteiger partial charge in [0, 0.05) is 19.6 Å². The molecule has 1 aromatic rings. The summed E-state index contributed by atoms with van der Waals surface area (Å²) in [4.78, 5) is 0. The van der Waals surface area contributed by atoms with Gasteiger partial charge >= 0.3 is 0 Å². The van der Waals surface area contributed by atoms with E-state index in [1.54, 1.807) is 22.8 Å². The van der Waals surface area contributed by atoms with Crippen LogP contribution in [-0.2, 0) is 10.2 Å². The third-order valence-corrected chi connectivity index (χ3v) is 7.43. The van der Waals surface area contributed by atoms with Crippen molar-refractivity contribution in [2.45, 2.75) is 39.2 Å². The van der Waals surface area contributed by atoms with Crippen LogP contribution in [0.5, 0.6) is 11.5 Å². The van der Waals surface area contributed by atoms with Gasteiger partial charge in [0.15, 0.2) is 11.5 Å². The molecule has 0 N–H and O–H groups in total. The van der Waals surface area contributed by atoms with Gasteiger partial charge < -0.3 is 9.47 Å². The van der Waals surface area contributed by atoms with E-state index < -0.39 is 10.2 Å². The van der Waals surface area contributed by atoms with Crippen LogP contribution < -0.4 is 9.47 Å². The average molecular weight is 383 g/mol. The smallest absolute Gasteiger partial charge is 0.282 e. The highest BCUT2D eigenvalue weighted by molar-refractivity contribution is 7.86. The summed E-state index contributed by atoms with van der Waals surface area (Å²) in [7, 11) is -0.267. The molecule has 3 atom stereocenters. The molecule has 0 saturated carbocycles. The molecule has 3 rings (SSSR count). The molecule has 146 valence electrons. The maximum Gasteiger partial charge on any atom is 0.282 e. The molecule has 7 heteroatoms. The first-order chi connectivity index (χ1) is 12.4. The highest BCUT2D eigenvalue weighted by Gasteiger charge is 2.41. The molecule has 6 nitrogen and oxygen atoms in total. The van der Waals surface area contributed by atoms with Gasteiger partial charge in [-0.25, -0.2) is 0 Å². The van der Waals surface area contributed by atoms with Crippen LogP contribution in [0.4, 0.5) is 0 Å². The Morgan fingerprint density at radius 1 is 1.04 bits per heavy atom. The number of hydrogen-bond acceptors (Lipinski definition) is 4. The molecule has 2 saturated heterocycles. The van der Waals surface area contributed by atoms with Crippen molar-refractivity contribution in [3.05, 3.63) is 23.8 Å². The second-order valence-corrected chi connectivity index (χ2v) is 9.54. The minimum absolute atomic E-state index is 0.146. The lowest BCUT2D eigenvalue weighted by Gasteiger charge is -2.37. The zero-order valence-corrected chi connectivity index (χ0v) is 17.0. The van der Waals surface area contributed by atoms with Gasteiger partial charge in [-0.1, -0.05) is 19.9 Å². The Hall–Kier alpha value is -1.31. The van der Waals surface area contributed by atoms with Crippen molar-refractivity contribution in [2.24, 2.45) is 11.8 Å². The van der Waals surface area contributed by atoms with Crippen LogP contribution in [0, 0.1) is 11.8 Å². The van der Waals surface area contributed by atoms with Gasteiger partial charge in [0.2, 0.25) is 0 Å².